The summed E-state index contributed by atoms with van der Waals surface area (Å²) in [6.45, 7) is 9.02. The molecule has 0 radical (unpaired) electrons. The van der Waals surface area contributed by atoms with Crippen molar-refractivity contribution in [3.8, 4) is 33.4 Å². The van der Waals surface area contributed by atoms with Crippen LogP contribution in [-0.4, -0.2) is 0 Å². The summed E-state index contributed by atoms with van der Waals surface area (Å²) in [6, 6.07) is 92.5. The Bertz CT molecular complexity index is 3690. The van der Waals surface area contributed by atoms with E-state index in [-0.39, 0.29) is 5.41 Å². The lowest BCUT2D eigenvalue weighted by molar-refractivity contribution is 0.567. The predicted molar refractivity (Wildman–Crippen MR) is 309 cm³/mol. The second-order valence-electron chi connectivity index (χ2n) is 20.1. The quantitative estimate of drug-likeness (QED) is 0.0798. The van der Waals surface area contributed by atoms with Gasteiger partial charge in [-0.2, -0.15) is 0 Å². The lowest BCUT2D eigenvalue weighted by Gasteiger charge is -2.32. The monoisotopic (exact) mass is 924 g/mol. The van der Waals surface area contributed by atoms with Crippen LogP contribution in [0, 0.1) is 20.8 Å². The van der Waals surface area contributed by atoms with E-state index >= 15 is 0 Å². The molecular formula is C72H60. The number of aryl methyl sites for hydroxylation is 5. The molecule has 0 aliphatic carbocycles. The second kappa shape index (κ2) is 20.2. The van der Waals surface area contributed by atoms with Crippen LogP contribution >= 0.6 is 0 Å². The van der Waals surface area contributed by atoms with E-state index in [1.54, 1.807) is 0 Å². The summed E-state index contributed by atoms with van der Waals surface area (Å²) in [6.07, 6.45) is 5.23. The molecule has 0 saturated heterocycles. The lowest BCUT2D eigenvalue weighted by atomic mass is 9.71. The van der Waals surface area contributed by atoms with Crippen molar-refractivity contribution in [1.29, 1.82) is 0 Å². The normalized spacial score (nSPS) is 12.5. The van der Waals surface area contributed by atoms with Crippen LogP contribution in [0.3, 0.4) is 0 Å². The third-order valence-electron chi connectivity index (χ3n) is 15.1. The molecule has 0 aliphatic heterocycles. The first-order valence-corrected chi connectivity index (χ1v) is 25.6. The Balaban J connectivity index is 0.913. The molecule has 0 saturated carbocycles. The summed E-state index contributed by atoms with van der Waals surface area (Å²) in [4.78, 5) is 0. The molecule has 0 fully saturated rings. The smallest absolute Gasteiger partial charge is 0.0215 e. The molecule has 0 nitrogen and oxygen atoms in total. The summed E-state index contributed by atoms with van der Waals surface area (Å²) >= 11 is 0. The SMILES string of the molecule is Cc1ccc(/C=C(\c2ccc(-c3ccc(CC(C)(c4ccc(C)cc4)c4ccc(C)c(-c5ccccc5CCc5ccccc5)c4)cc3)cc2)c2ccc3c(-c4ccccc4)cc4ccccc4c3c2)cc1. The molecule has 0 aliphatic rings. The molecule has 0 spiro atoms. The average molecular weight is 925 g/mol. The van der Waals surface area contributed by atoms with Gasteiger partial charge in [-0.1, -0.05) is 249 Å². The molecular weight excluding hydrogens is 865 g/mol. The summed E-state index contributed by atoms with van der Waals surface area (Å²) in [5, 5.41) is 5.03. The van der Waals surface area contributed by atoms with Crippen LogP contribution in [0.25, 0.3) is 66.6 Å². The van der Waals surface area contributed by atoms with Gasteiger partial charge in [-0.25, -0.2) is 0 Å². The van der Waals surface area contributed by atoms with Crippen molar-refractivity contribution in [2.24, 2.45) is 0 Å². The van der Waals surface area contributed by atoms with E-state index in [9.17, 15) is 0 Å². The van der Waals surface area contributed by atoms with Crippen molar-refractivity contribution < 1.29 is 0 Å². The molecule has 0 bridgehead atoms. The summed E-state index contributed by atoms with van der Waals surface area (Å²) < 4.78 is 0. The molecule has 11 rings (SSSR count). The maximum Gasteiger partial charge on any atom is 0.0215 e. The van der Waals surface area contributed by atoms with Crippen LogP contribution in [-0.2, 0) is 24.7 Å². The fraction of sp³-hybridized carbons (Fsp3) is 0.111. The molecule has 1 unspecified atom stereocenters. The van der Waals surface area contributed by atoms with Crippen LogP contribution < -0.4 is 0 Å². The topological polar surface area (TPSA) is 0 Å². The summed E-state index contributed by atoms with van der Waals surface area (Å²) in [5.41, 5.74) is 22.6. The highest BCUT2D eigenvalue weighted by atomic mass is 14.3. The maximum absolute atomic E-state index is 2.48. The molecule has 0 aromatic heterocycles. The maximum atomic E-state index is 2.48. The third-order valence-corrected chi connectivity index (χ3v) is 15.1. The number of rotatable bonds is 13. The first kappa shape index (κ1) is 46.1. The molecule has 0 amide bonds. The number of fused-ring (bicyclic) bond motifs is 3. The van der Waals surface area contributed by atoms with Crippen molar-refractivity contribution in [3.05, 3.63) is 310 Å². The van der Waals surface area contributed by atoms with E-state index in [1.165, 1.54) is 122 Å². The second-order valence-corrected chi connectivity index (χ2v) is 20.1. The highest BCUT2D eigenvalue weighted by Gasteiger charge is 2.30. The fourth-order valence-corrected chi connectivity index (χ4v) is 10.8. The predicted octanol–water partition coefficient (Wildman–Crippen LogP) is 18.8. The number of benzene rings is 11. The first-order chi connectivity index (χ1) is 35.3. The Morgan fingerprint density at radius 2 is 1.00 bits per heavy atom. The molecule has 0 N–H and O–H groups in total. The van der Waals surface area contributed by atoms with E-state index in [2.05, 4.69) is 282 Å². The fourth-order valence-electron chi connectivity index (χ4n) is 10.8. The van der Waals surface area contributed by atoms with Crippen molar-refractivity contribution in [2.75, 3.05) is 0 Å². The standard InChI is InChI=1S/C72H60/c1-50-23-28-54(29-24-50)45-69(62-40-44-67-70(58-17-9-6-10-18-58)46-61-20-12-14-22-66(61)71(67)47-62)60-38-36-57(37-39-60)56-33-31-55(32-34-56)49-72(4,63-41-25-51(2)26-42-63)64-43-27-52(3)68(48-64)65-21-13-11-19-59(65)35-30-53-15-7-5-8-16-53/h5-29,31-34,36-48H,30,35,49H2,1-4H3/b69-45+. The van der Waals surface area contributed by atoms with Gasteiger partial charge >= 0.3 is 0 Å². The Morgan fingerprint density at radius 1 is 0.389 bits per heavy atom. The minimum atomic E-state index is -0.267. The summed E-state index contributed by atoms with van der Waals surface area (Å²) in [7, 11) is 0. The van der Waals surface area contributed by atoms with Crippen LogP contribution in [0.15, 0.2) is 249 Å². The zero-order valence-electron chi connectivity index (χ0n) is 41.9. The van der Waals surface area contributed by atoms with Gasteiger partial charge in [-0.3, -0.25) is 0 Å². The van der Waals surface area contributed by atoms with E-state index in [1.807, 2.05) is 0 Å². The van der Waals surface area contributed by atoms with Crippen LogP contribution in [0.4, 0.5) is 0 Å². The van der Waals surface area contributed by atoms with Gasteiger partial charge in [-0.15, -0.1) is 0 Å². The van der Waals surface area contributed by atoms with Crippen molar-refractivity contribution in [3.63, 3.8) is 0 Å². The molecule has 0 heterocycles. The Morgan fingerprint density at radius 3 is 1.74 bits per heavy atom. The van der Waals surface area contributed by atoms with Crippen molar-refractivity contribution >= 4 is 33.2 Å². The minimum absolute atomic E-state index is 0.267. The van der Waals surface area contributed by atoms with Gasteiger partial charge in [0.15, 0.2) is 0 Å². The lowest BCUT2D eigenvalue weighted by Crippen LogP contribution is -2.27. The van der Waals surface area contributed by atoms with Gasteiger partial charge in [0.1, 0.15) is 0 Å². The molecule has 0 heteroatoms. The zero-order valence-corrected chi connectivity index (χ0v) is 41.9. The van der Waals surface area contributed by atoms with Gasteiger partial charge < -0.3 is 0 Å². The summed E-state index contributed by atoms with van der Waals surface area (Å²) in [5.74, 6) is 0. The van der Waals surface area contributed by atoms with Gasteiger partial charge in [-0.05, 0) is 175 Å². The Kier molecular flexibility index (Phi) is 12.9. The average Bonchev–Trinajstić information content (AvgIpc) is 3.43. The third kappa shape index (κ3) is 9.62. The molecule has 11 aromatic carbocycles. The number of hydrogen-bond acceptors (Lipinski definition) is 0. The largest absolute Gasteiger partial charge is 0.0622 e. The van der Waals surface area contributed by atoms with Crippen LogP contribution in [0.5, 0.6) is 0 Å². The zero-order chi connectivity index (χ0) is 49.0. The number of hydrogen-bond donors (Lipinski definition) is 0. The molecule has 72 heavy (non-hydrogen) atoms. The minimum Gasteiger partial charge on any atom is -0.0622 e. The molecule has 1 atom stereocenters. The van der Waals surface area contributed by atoms with Crippen LogP contribution in [0.2, 0.25) is 0 Å². The van der Waals surface area contributed by atoms with E-state index in [0.717, 1.165) is 19.3 Å². The van der Waals surface area contributed by atoms with Gasteiger partial charge in [0.05, 0.1) is 0 Å². The highest BCUT2D eigenvalue weighted by molar-refractivity contribution is 6.15. The van der Waals surface area contributed by atoms with E-state index in [4.69, 9.17) is 0 Å². The van der Waals surface area contributed by atoms with Crippen LogP contribution in [0.1, 0.15) is 68.1 Å². The Labute approximate surface area is 426 Å². The Hall–Kier alpha value is -8.32. The van der Waals surface area contributed by atoms with Crippen molar-refractivity contribution in [1.82, 2.24) is 0 Å². The van der Waals surface area contributed by atoms with Gasteiger partial charge in [0.2, 0.25) is 0 Å². The first-order valence-electron chi connectivity index (χ1n) is 25.6. The highest BCUT2D eigenvalue weighted by Crippen LogP contribution is 2.41. The molecule has 348 valence electrons. The van der Waals surface area contributed by atoms with Crippen molar-refractivity contribution in [2.45, 2.75) is 52.4 Å². The van der Waals surface area contributed by atoms with E-state index < -0.39 is 0 Å². The van der Waals surface area contributed by atoms with E-state index in [0.29, 0.717) is 0 Å². The van der Waals surface area contributed by atoms with Gasteiger partial charge in [0, 0.05) is 5.41 Å². The molecule has 11 aromatic rings. The van der Waals surface area contributed by atoms with Gasteiger partial charge in [0.25, 0.3) is 0 Å².